The van der Waals surface area contributed by atoms with Crippen LogP contribution in [0.5, 0.6) is 0 Å². The van der Waals surface area contributed by atoms with Gasteiger partial charge in [0.15, 0.2) is 0 Å². The normalized spacial score (nSPS) is 13.9. The molecule has 0 heteroatoms. The van der Waals surface area contributed by atoms with Gasteiger partial charge < -0.3 is 0 Å². The van der Waals surface area contributed by atoms with Gasteiger partial charge in [0, 0.05) is 0 Å². The molecule has 14 heavy (non-hydrogen) atoms. The lowest BCUT2D eigenvalue weighted by Crippen LogP contribution is -2.12. The number of hydrogen-bond acceptors (Lipinski definition) is 0. The fraction of sp³-hybridized carbons (Fsp3) is 1.00. The van der Waals surface area contributed by atoms with Crippen LogP contribution in [0.15, 0.2) is 0 Å². The molecule has 0 heterocycles. The standard InChI is InChI=1S/C14H30/c1-6-8-14(9-7-2)13(5)11-10-12(3)4/h12-14H,6-11H2,1-5H3. The second-order valence-electron chi connectivity index (χ2n) is 5.29. The van der Waals surface area contributed by atoms with Gasteiger partial charge in [0.05, 0.1) is 0 Å². The van der Waals surface area contributed by atoms with Crippen LogP contribution in [0, 0.1) is 17.8 Å². The molecule has 0 aliphatic rings. The Hall–Kier alpha value is 0. The van der Waals surface area contributed by atoms with E-state index in [0.717, 1.165) is 17.8 Å². The first-order chi connectivity index (χ1) is 6.61. The minimum absolute atomic E-state index is 0.876. The fourth-order valence-corrected chi connectivity index (χ4v) is 2.29. The molecule has 0 amide bonds. The average molecular weight is 198 g/mol. The van der Waals surface area contributed by atoms with Crippen molar-refractivity contribution in [1.29, 1.82) is 0 Å². The van der Waals surface area contributed by atoms with Gasteiger partial charge in [-0.25, -0.2) is 0 Å². The molecule has 0 radical (unpaired) electrons. The van der Waals surface area contributed by atoms with Crippen LogP contribution in [-0.2, 0) is 0 Å². The average Bonchev–Trinajstić information content (AvgIpc) is 2.14. The minimum atomic E-state index is 0.876. The molecular formula is C14H30. The summed E-state index contributed by atoms with van der Waals surface area (Å²) in [5.41, 5.74) is 0. The summed E-state index contributed by atoms with van der Waals surface area (Å²) in [5, 5.41) is 0. The van der Waals surface area contributed by atoms with Gasteiger partial charge in [-0.3, -0.25) is 0 Å². The highest BCUT2D eigenvalue weighted by Crippen LogP contribution is 2.27. The van der Waals surface area contributed by atoms with Crippen molar-refractivity contribution in [3.05, 3.63) is 0 Å². The molecule has 0 saturated carbocycles. The topological polar surface area (TPSA) is 0 Å². The molecule has 0 N–H and O–H groups in total. The van der Waals surface area contributed by atoms with E-state index in [1.165, 1.54) is 38.5 Å². The van der Waals surface area contributed by atoms with Crippen molar-refractivity contribution < 1.29 is 0 Å². The van der Waals surface area contributed by atoms with Crippen LogP contribution in [0.2, 0.25) is 0 Å². The third kappa shape index (κ3) is 6.45. The molecule has 0 saturated heterocycles. The van der Waals surface area contributed by atoms with Gasteiger partial charge in [0.25, 0.3) is 0 Å². The molecule has 1 atom stereocenters. The second-order valence-corrected chi connectivity index (χ2v) is 5.29. The summed E-state index contributed by atoms with van der Waals surface area (Å²) < 4.78 is 0. The molecule has 0 fully saturated rings. The molecule has 0 aromatic carbocycles. The minimum Gasteiger partial charge on any atom is -0.0654 e. The van der Waals surface area contributed by atoms with Gasteiger partial charge in [-0.1, -0.05) is 73.1 Å². The van der Waals surface area contributed by atoms with Crippen molar-refractivity contribution >= 4 is 0 Å². The van der Waals surface area contributed by atoms with Crippen LogP contribution in [0.4, 0.5) is 0 Å². The lowest BCUT2D eigenvalue weighted by atomic mass is 9.82. The van der Waals surface area contributed by atoms with E-state index < -0.39 is 0 Å². The van der Waals surface area contributed by atoms with Gasteiger partial charge in [0.1, 0.15) is 0 Å². The van der Waals surface area contributed by atoms with Crippen molar-refractivity contribution in [3.8, 4) is 0 Å². The Morgan fingerprint density at radius 2 is 1.21 bits per heavy atom. The molecule has 0 rings (SSSR count). The van der Waals surface area contributed by atoms with E-state index in [0.29, 0.717) is 0 Å². The Labute approximate surface area is 91.5 Å². The third-order valence-corrected chi connectivity index (χ3v) is 3.32. The Morgan fingerprint density at radius 1 is 0.714 bits per heavy atom. The van der Waals surface area contributed by atoms with Crippen LogP contribution in [0.25, 0.3) is 0 Å². The summed E-state index contributed by atoms with van der Waals surface area (Å²) in [6, 6.07) is 0. The van der Waals surface area contributed by atoms with Crippen molar-refractivity contribution in [2.24, 2.45) is 17.8 Å². The van der Waals surface area contributed by atoms with Crippen LogP contribution in [0.1, 0.15) is 73.1 Å². The first kappa shape index (κ1) is 14.0. The van der Waals surface area contributed by atoms with Crippen LogP contribution < -0.4 is 0 Å². The molecule has 0 aromatic rings. The maximum absolute atomic E-state index is 2.46. The molecule has 0 spiro atoms. The van der Waals surface area contributed by atoms with E-state index in [2.05, 4.69) is 34.6 Å². The summed E-state index contributed by atoms with van der Waals surface area (Å²) in [7, 11) is 0. The zero-order valence-electron chi connectivity index (χ0n) is 11.0. The fourth-order valence-electron chi connectivity index (χ4n) is 2.29. The smallest absolute Gasteiger partial charge is 0.0389 e. The number of hydrogen-bond donors (Lipinski definition) is 0. The predicted molar refractivity (Wildman–Crippen MR) is 66.5 cm³/mol. The summed E-state index contributed by atoms with van der Waals surface area (Å²) >= 11 is 0. The van der Waals surface area contributed by atoms with Crippen molar-refractivity contribution in [2.75, 3.05) is 0 Å². The van der Waals surface area contributed by atoms with Gasteiger partial charge in [-0.2, -0.15) is 0 Å². The molecule has 0 bridgehead atoms. The van der Waals surface area contributed by atoms with Crippen LogP contribution >= 0.6 is 0 Å². The zero-order valence-corrected chi connectivity index (χ0v) is 11.0. The zero-order chi connectivity index (χ0) is 11.0. The second kappa shape index (κ2) is 8.32. The lowest BCUT2D eigenvalue weighted by Gasteiger charge is -2.23. The summed E-state index contributed by atoms with van der Waals surface area (Å²) in [6.07, 6.45) is 8.43. The Kier molecular flexibility index (Phi) is 8.32. The largest absolute Gasteiger partial charge is 0.0654 e. The molecule has 0 aromatic heterocycles. The molecule has 0 aliphatic heterocycles. The van der Waals surface area contributed by atoms with E-state index >= 15 is 0 Å². The highest BCUT2D eigenvalue weighted by Gasteiger charge is 2.15. The molecule has 0 nitrogen and oxygen atoms in total. The van der Waals surface area contributed by atoms with Crippen LogP contribution in [0.3, 0.4) is 0 Å². The Morgan fingerprint density at radius 3 is 1.57 bits per heavy atom. The summed E-state index contributed by atoms with van der Waals surface area (Å²) in [6.45, 7) is 11.8. The first-order valence-corrected chi connectivity index (χ1v) is 6.61. The van der Waals surface area contributed by atoms with E-state index in [9.17, 15) is 0 Å². The van der Waals surface area contributed by atoms with Gasteiger partial charge in [-0.15, -0.1) is 0 Å². The highest BCUT2D eigenvalue weighted by molar-refractivity contribution is 4.66. The van der Waals surface area contributed by atoms with Crippen molar-refractivity contribution in [2.45, 2.75) is 73.1 Å². The highest BCUT2D eigenvalue weighted by atomic mass is 14.2. The monoisotopic (exact) mass is 198 g/mol. The molecule has 1 unspecified atom stereocenters. The Balaban J connectivity index is 3.81. The Bertz CT molecular complexity index is 109. The van der Waals surface area contributed by atoms with E-state index in [1.54, 1.807) is 0 Å². The van der Waals surface area contributed by atoms with Gasteiger partial charge in [-0.05, 0) is 17.8 Å². The molecular weight excluding hydrogens is 168 g/mol. The third-order valence-electron chi connectivity index (χ3n) is 3.32. The molecule has 0 aliphatic carbocycles. The summed E-state index contributed by atoms with van der Waals surface area (Å²) in [5.74, 6) is 2.81. The maximum atomic E-state index is 2.46. The van der Waals surface area contributed by atoms with E-state index in [1.807, 2.05) is 0 Å². The SMILES string of the molecule is CCCC(CCC)C(C)CCC(C)C. The first-order valence-electron chi connectivity index (χ1n) is 6.61. The van der Waals surface area contributed by atoms with Crippen molar-refractivity contribution in [1.82, 2.24) is 0 Å². The maximum Gasteiger partial charge on any atom is -0.0389 e. The number of rotatable bonds is 8. The van der Waals surface area contributed by atoms with E-state index in [4.69, 9.17) is 0 Å². The van der Waals surface area contributed by atoms with Crippen LogP contribution in [-0.4, -0.2) is 0 Å². The quantitative estimate of drug-likeness (QED) is 0.498. The lowest BCUT2D eigenvalue weighted by molar-refractivity contribution is 0.279. The van der Waals surface area contributed by atoms with Gasteiger partial charge in [0.2, 0.25) is 0 Å². The van der Waals surface area contributed by atoms with Crippen molar-refractivity contribution in [3.63, 3.8) is 0 Å². The van der Waals surface area contributed by atoms with Gasteiger partial charge >= 0.3 is 0 Å². The predicted octanol–water partition coefficient (Wildman–Crippen LogP) is 5.28. The summed E-state index contributed by atoms with van der Waals surface area (Å²) in [4.78, 5) is 0. The van der Waals surface area contributed by atoms with E-state index in [-0.39, 0.29) is 0 Å². The molecule has 86 valence electrons.